The fourth-order valence-electron chi connectivity index (χ4n) is 0.535. The molecule has 4 heteroatoms. The van der Waals surface area contributed by atoms with Crippen LogP contribution in [0.25, 0.3) is 0 Å². The summed E-state index contributed by atoms with van der Waals surface area (Å²) in [7, 11) is 0. The van der Waals surface area contributed by atoms with Crippen molar-refractivity contribution in [3.63, 3.8) is 0 Å². The number of hydrogen-bond acceptors (Lipinski definition) is 4. The number of esters is 1. The largest absolute Gasteiger partial charge is 0.427 e. The Balaban J connectivity index is 3.84. The second-order valence-electron chi connectivity index (χ2n) is 2.66. The predicted molar refractivity (Wildman–Crippen MR) is 42.2 cm³/mol. The maximum Gasteiger partial charge on any atom is 0.311 e. The summed E-state index contributed by atoms with van der Waals surface area (Å²) in [6.07, 6.45) is -0.269. The Labute approximate surface area is 71.8 Å². The van der Waals surface area contributed by atoms with Crippen LogP contribution in [0.15, 0.2) is 0 Å². The van der Waals surface area contributed by atoms with Crippen LogP contribution in [0.4, 0.5) is 0 Å². The van der Waals surface area contributed by atoms with Crippen LogP contribution in [0.3, 0.4) is 0 Å². The first-order valence-electron chi connectivity index (χ1n) is 3.91. The van der Waals surface area contributed by atoms with Crippen molar-refractivity contribution >= 4 is 12.4 Å². The second-order valence-corrected chi connectivity index (χ2v) is 2.66. The maximum atomic E-state index is 11.0. The Morgan fingerprint density at radius 1 is 1.50 bits per heavy atom. The van der Waals surface area contributed by atoms with Gasteiger partial charge >= 0.3 is 5.97 Å². The smallest absolute Gasteiger partial charge is 0.311 e. The van der Waals surface area contributed by atoms with E-state index in [9.17, 15) is 9.59 Å². The molecule has 0 rings (SSSR count). The predicted octanol–water partition coefficient (Wildman–Crippen LogP) is 1.09. The minimum absolute atomic E-state index is 0.200. The molecule has 0 saturated carbocycles. The molecule has 0 radical (unpaired) electrons. The highest BCUT2D eigenvalue weighted by Gasteiger charge is 2.15. The van der Waals surface area contributed by atoms with Gasteiger partial charge in [-0.25, -0.2) is 0 Å². The lowest BCUT2D eigenvalue weighted by Gasteiger charge is -2.14. The topological polar surface area (TPSA) is 52.6 Å². The number of hydrogen-bond donors (Lipinski definition) is 0. The monoisotopic (exact) mass is 174 g/mol. The van der Waals surface area contributed by atoms with Crippen LogP contribution in [-0.2, 0) is 19.1 Å². The summed E-state index contributed by atoms with van der Waals surface area (Å²) in [4.78, 5) is 20.9. The van der Waals surface area contributed by atoms with Crippen LogP contribution in [0.5, 0.6) is 0 Å². The zero-order valence-corrected chi connectivity index (χ0v) is 7.57. The molecule has 0 aromatic carbocycles. The molecule has 0 bridgehead atoms. The molecule has 0 aliphatic carbocycles. The van der Waals surface area contributed by atoms with Crippen LogP contribution < -0.4 is 0 Å². The summed E-state index contributed by atoms with van der Waals surface area (Å²) in [6, 6.07) is 0. The van der Waals surface area contributed by atoms with E-state index >= 15 is 0 Å². The molecule has 70 valence electrons. The minimum Gasteiger partial charge on any atom is -0.427 e. The minimum atomic E-state index is -0.739. The molecule has 0 saturated heterocycles. The molecular weight excluding hydrogens is 160 g/mol. The number of rotatable bonds is 5. The van der Waals surface area contributed by atoms with E-state index in [1.54, 1.807) is 20.8 Å². The van der Waals surface area contributed by atoms with Crippen LogP contribution >= 0.6 is 0 Å². The molecule has 1 atom stereocenters. The highest BCUT2D eigenvalue weighted by Crippen LogP contribution is 2.04. The Bertz CT molecular complexity index is 153. The van der Waals surface area contributed by atoms with Gasteiger partial charge in [-0.3, -0.25) is 9.59 Å². The van der Waals surface area contributed by atoms with E-state index in [1.165, 1.54) is 0 Å². The van der Waals surface area contributed by atoms with Crippen LogP contribution in [-0.4, -0.2) is 18.7 Å². The molecular formula is C8H14O4. The summed E-state index contributed by atoms with van der Waals surface area (Å²) < 4.78 is 9.30. The molecule has 0 aliphatic rings. The van der Waals surface area contributed by atoms with Gasteiger partial charge in [-0.1, -0.05) is 20.8 Å². The van der Waals surface area contributed by atoms with E-state index in [4.69, 9.17) is 4.74 Å². The van der Waals surface area contributed by atoms with Gasteiger partial charge in [0, 0.05) is 6.42 Å². The third-order valence-corrected chi connectivity index (χ3v) is 1.26. The molecule has 0 heterocycles. The lowest BCUT2D eigenvalue weighted by Crippen LogP contribution is -2.23. The molecule has 4 nitrogen and oxygen atoms in total. The van der Waals surface area contributed by atoms with Crippen molar-refractivity contribution in [2.75, 3.05) is 0 Å². The van der Waals surface area contributed by atoms with Crippen molar-refractivity contribution in [1.29, 1.82) is 0 Å². The summed E-state index contributed by atoms with van der Waals surface area (Å²) in [5.74, 6) is -0.557. The molecule has 0 N–H and O–H groups in total. The zero-order chi connectivity index (χ0) is 9.56. The molecule has 0 amide bonds. The average molecular weight is 174 g/mol. The maximum absolute atomic E-state index is 11.0. The third kappa shape index (κ3) is 3.95. The van der Waals surface area contributed by atoms with Crippen molar-refractivity contribution in [3.05, 3.63) is 0 Å². The van der Waals surface area contributed by atoms with Gasteiger partial charge in [0.25, 0.3) is 6.47 Å². The van der Waals surface area contributed by atoms with Gasteiger partial charge in [-0.15, -0.1) is 0 Å². The fourth-order valence-corrected chi connectivity index (χ4v) is 0.535. The molecule has 0 aromatic rings. The summed E-state index contributed by atoms with van der Waals surface area (Å²) in [5, 5.41) is 0. The molecule has 1 unspecified atom stereocenters. The molecule has 0 spiro atoms. The molecule has 12 heavy (non-hydrogen) atoms. The fraction of sp³-hybridized carbons (Fsp3) is 0.750. The van der Waals surface area contributed by atoms with Crippen molar-refractivity contribution < 1.29 is 19.1 Å². The number of carbonyl (C=O) groups is 2. The van der Waals surface area contributed by atoms with E-state index in [-0.39, 0.29) is 18.4 Å². The zero-order valence-electron chi connectivity index (χ0n) is 7.57. The van der Waals surface area contributed by atoms with Gasteiger partial charge in [0.1, 0.15) is 0 Å². The lowest BCUT2D eigenvalue weighted by atomic mass is 10.2. The average Bonchev–Trinajstić information content (AvgIpc) is 2.03. The molecule has 0 aliphatic heterocycles. The highest BCUT2D eigenvalue weighted by atomic mass is 16.7. The number of carbonyl (C=O) groups excluding carboxylic acids is 2. The van der Waals surface area contributed by atoms with Gasteiger partial charge in [0.15, 0.2) is 0 Å². The van der Waals surface area contributed by atoms with E-state index < -0.39 is 6.29 Å². The third-order valence-electron chi connectivity index (χ3n) is 1.26. The van der Waals surface area contributed by atoms with E-state index in [0.717, 1.165) is 0 Å². The Kier molecular flexibility index (Phi) is 5.08. The highest BCUT2D eigenvalue weighted by molar-refractivity contribution is 5.71. The first-order valence-corrected chi connectivity index (χ1v) is 3.91. The van der Waals surface area contributed by atoms with Gasteiger partial charge in [0.2, 0.25) is 6.29 Å². The summed E-state index contributed by atoms with van der Waals surface area (Å²) in [5.41, 5.74) is 0. The molecule has 0 aromatic heterocycles. The Morgan fingerprint density at radius 2 is 2.08 bits per heavy atom. The van der Waals surface area contributed by atoms with Gasteiger partial charge in [-0.05, 0) is 0 Å². The Morgan fingerprint density at radius 3 is 2.42 bits per heavy atom. The van der Waals surface area contributed by atoms with Gasteiger partial charge in [-0.2, -0.15) is 0 Å². The Hall–Kier alpha value is -1.06. The quantitative estimate of drug-likeness (QED) is 0.355. The van der Waals surface area contributed by atoms with Gasteiger partial charge < -0.3 is 9.47 Å². The lowest BCUT2D eigenvalue weighted by molar-refractivity contribution is -0.182. The van der Waals surface area contributed by atoms with Gasteiger partial charge in [0.05, 0.1) is 5.92 Å². The van der Waals surface area contributed by atoms with E-state index in [0.29, 0.717) is 6.42 Å². The number of ether oxygens (including phenoxy) is 2. The standard InChI is InChI=1S/C8H14O4/c1-4-7(11-5-9)12-8(10)6(2)3/h5-7H,4H2,1-3H3. The summed E-state index contributed by atoms with van der Waals surface area (Å²) in [6.45, 7) is 5.48. The second kappa shape index (κ2) is 5.57. The first-order chi connectivity index (χ1) is 5.61. The van der Waals surface area contributed by atoms with Crippen LogP contribution in [0, 0.1) is 5.92 Å². The van der Waals surface area contributed by atoms with Crippen LogP contribution in [0.2, 0.25) is 0 Å². The normalized spacial score (nSPS) is 12.3. The SMILES string of the molecule is CCC(OC=O)OC(=O)C(C)C. The van der Waals surface area contributed by atoms with Crippen molar-refractivity contribution in [1.82, 2.24) is 0 Å². The van der Waals surface area contributed by atoms with Crippen LogP contribution in [0.1, 0.15) is 27.2 Å². The first kappa shape index (κ1) is 10.9. The van der Waals surface area contributed by atoms with Crippen molar-refractivity contribution in [2.24, 2.45) is 5.92 Å². The van der Waals surface area contributed by atoms with Crippen molar-refractivity contribution in [2.45, 2.75) is 33.5 Å². The van der Waals surface area contributed by atoms with E-state index in [2.05, 4.69) is 4.74 Å². The molecule has 0 fully saturated rings. The van der Waals surface area contributed by atoms with Crippen molar-refractivity contribution in [3.8, 4) is 0 Å². The summed E-state index contributed by atoms with van der Waals surface area (Å²) >= 11 is 0. The van der Waals surface area contributed by atoms with E-state index in [1.807, 2.05) is 0 Å².